The summed E-state index contributed by atoms with van der Waals surface area (Å²) >= 11 is 1.51. The molecule has 1 aromatic carbocycles. The van der Waals surface area contributed by atoms with Crippen LogP contribution in [0.5, 0.6) is 11.5 Å². The Morgan fingerprint density at radius 2 is 1.93 bits per heavy atom. The maximum Gasteiger partial charge on any atom is 0.407 e. The van der Waals surface area contributed by atoms with Gasteiger partial charge in [-0.15, -0.1) is 11.3 Å². The second-order valence-electron chi connectivity index (χ2n) is 14.8. The molecule has 56 heavy (non-hydrogen) atoms. The third-order valence-electron chi connectivity index (χ3n) is 11.0. The van der Waals surface area contributed by atoms with Gasteiger partial charge in [-0.1, -0.05) is 31.1 Å². The van der Waals surface area contributed by atoms with Gasteiger partial charge in [0.05, 0.1) is 36.6 Å². The Kier molecular flexibility index (Phi) is 10.2. The number of thiophene rings is 1. The van der Waals surface area contributed by atoms with Crippen molar-refractivity contribution in [2.75, 3.05) is 20.8 Å². The van der Waals surface area contributed by atoms with Crippen LogP contribution in [-0.2, 0) is 29.1 Å². The fourth-order valence-electron chi connectivity index (χ4n) is 7.68. The lowest BCUT2D eigenvalue weighted by atomic mass is 10.1. The molecule has 2 saturated carbocycles. The van der Waals surface area contributed by atoms with Crippen LogP contribution in [0.15, 0.2) is 58.3 Å². The van der Waals surface area contributed by atoms with Gasteiger partial charge in [-0.05, 0) is 62.1 Å². The van der Waals surface area contributed by atoms with Crippen molar-refractivity contribution in [3.05, 3.63) is 53.9 Å². The quantitative estimate of drug-likeness (QED) is 0.207. The van der Waals surface area contributed by atoms with Gasteiger partial charge in [0.2, 0.25) is 21.8 Å². The second kappa shape index (κ2) is 15.1. The molecule has 8 rings (SSSR count). The number of benzene rings is 1. The van der Waals surface area contributed by atoms with Crippen LogP contribution in [0, 0.1) is 5.92 Å². The highest BCUT2D eigenvalue weighted by atomic mass is 32.2. The Labute approximate surface area is 327 Å². The first-order valence-electron chi connectivity index (χ1n) is 18.8. The van der Waals surface area contributed by atoms with Gasteiger partial charge in [0.15, 0.2) is 11.3 Å². The Balaban J connectivity index is 1.15. The first-order valence-corrected chi connectivity index (χ1v) is 21.2. The van der Waals surface area contributed by atoms with E-state index in [1.807, 2.05) is 41.8 Å². The average molecular weight is 806 g/mol. The van der Waals surface area contributed by atoms with E-state index in [9.17, 15) is 27.6 Å². The molecule has 15 nitrogen and oxygen atoms in total. The molecule has 0 bridgehead atoms. The summed E-state index contributed by atoms with van der Waals surface area (Å²) in [5.41, 5.74) is 0.598. The summed E-state index contributed by atoms with van der Waals surface area (Å²) < 4.78 is 51.2. The van der Waals surface area contributed by atoms with Gasteiger partial charge < -0.3 is 34.2 Å². The van der Waals surface area contributed by atoms with Gasteiger partial charge >= 0.3 is 6.09 Å². The molecule has 4 aromatic rings. The maximum absolute atomic E-state index is 14.5. The van der Waals surface area contributed by atoms with Crippen LogP contribution in [0.25, 0.3) is 32.6 Å². The summed E-state index contributed by atoms with van der Waals surface area (Å²) in [5.74, 6) is -1.43. The lowest BCUT2D eigenvalue weighted by Crippen LogP contribution is -2.58. The molecule has 17 heteroatoms. The van der Waals surface area contributed by atoms with E-state index in [4.69, 9.17) is 23.6 Å². The van der Waals surface area contributed by atoms with E-state index in [1.54, 1.807) is 19.2 Å². The summed E-state index contributed by atoms with van der Waals surface area (Å²) in [6, 6.07) is 8.94. The number of furan rings is 1. The van der Waals surface area contributed by atoms with Crippen LogP contribution >= 0.6 is 11.3 Å². The number of alkyl carbamates (subject to hydrolysis) is 1. The number of hydrogen-bond donors (Lipinski definition) is 3. The fourth-order valence-corrected chi connectivity index (χ4v) is 9.73. The number of pyridine rings is 1. The molecule has 5 heterocycles. The number of rotatable bonds is 8. The molecule has 296 valence electrons. The number of aromatic nitrogens is 1. The molecule has 3 aromatic heterocycles. The van der Waals surface area contributed by atoms with E-state index in [0.717, 1.165) is 23.1 Å². The number of methoxy groups -OCH3 is 2. The number of fused-ring (bicyclic) bond motifs is 5. The normalized spacial score (nSPS) is 26.3. The molecular weight excluding hydrogens is 763 g/mol. The first kappa shape index (κ1) is 37.7. The molecule has 4 aliphatic rings. The third-order valence-corrected chi connectivity index (χ3v) is 13.7. The molecule has 0 spiro atoms. The standard InChI is InChI=1S/C39H43N5O10S2/c1-51-23-12-15-26-30(18-23)54-34-31(19-28(40-33(26)34)32-11-8-16-55-32)53-24-17-29-35(45)42-39(37(47)43-56(49,50)25-13-14-25)20-22(39)9-6-4-3-5-7-10-27(41-38(48)52-2)36(46)44(29)21-24/h6,8-9,11-12,15-16,18-19,22,24-25,27,29H,3-5,7,10,13-14,17,20-21H2,1-2H3,(H,41,48)(H,42,45)(H,43,47)/b9-6-/t22-,24-,27+,29+,39-/m1/s1. The van der Waals surface area contributed by atoms with Crippen LogP contribution in [0.3, 0.4) is 0 Å². The molecule has 1 saturated heterocycles. The van der Waals surface area contributed by atoms with Gasteiger partial charge in [0.1, 0.15) is 40.6 Å². The van der Waals surface area contributed by atoms with Crippen LogP contribution in [0.2, 0.25) is 0 Å². The average Bonchev–Trinajstić information content (AvgIpc) is 3.98. The summed E-state index contributed by atoms with van der Waals surface area (Å²) in [5, 5.41) is 7.59. The van der Waals surface area contributed by atoms with Crippen LogP contribution in [0.1, 0.15) is 57.8 Å². The largest absolute Gasteiger partial charge is 0.497 e. The van der Waals surface area contributed by atoms with E-state index >= 15 is 0 Å². The van der Waals surface area contributed by atoms with Gasteiger partial charge in [0, 0.05) is 29.9 Å². The molecule has 2 aliphatic heterocycles. The summed E-state index contributed by atoms with van der Waals surface area (Å²) in [6.45, 7) is -0.0406. The zero-order chi connectivity index (χ0) is 39.2. The zero-order valence-corrected chi connectivity index (χ0v) is 32.6. The number of hydrogen-bond acceptors (Lipinski definition) is 12. The number of carbonyl (C=O) groups excluding carboxylic acids is 4. The van der Waals surface area contributed by atoms with Crippen LogP contribution in [0.4, 0.5) is 4.79 Å². The SMILES string of the molecule is COC(=O)N[C@H]1CCCCC/C=C\[C@@H]2C[C@@]2(C(=O)NS(=O)(=O)C2CC2)NC(=O)[C@@H]2C[C@@H](Oc3cc(-c4cccs4)nc4c3oc3cc(OC)ccc34)CN2C1=O. The topological polar surface area (TPSA) is 195 Å². The van der Waals surface area contributed by atoms with Gasteiger partial charge in [-0.2, -0.15) is 0 Å². The molecule has 2 aliphatic carbocycles. The smallest absolute Gasteiger partial charge is 0.407 e. The third kappa shape index (κ3) is 7.41. The van der Waals surface area contributed by atoms with E-state index in [2.05, 4.69) is 15.4 Å². The first-order chi connectivity index (χ1) is 27.0. The number of allylic oxidation sites excluding steroid dienone is 1. The second-order valence-corrected chi connectivity index (χ2v) is 17.7. The number of sulfonamides is 1. The van der Waals surface area contributed by atoms with Crippen molar-refractivity contribution >= 4 is 67.2 Å². The summed E-state index contributed by atoms with van der Waals surface area (Å²) in [4.78, 5) is 62.3. The molecule has 5 atom stereocenters. The van der Waals surface area contributed by atoms with E-state index in [-0.39, 0.29) is 19.4 Å². The number of carbonyl (C=O) groups is 4. The van der Waals surface area contributed by atoms with Crippen LogP contribution in [-0.4, -0.2) is 91.9 Å². The summed E-state index contributed by atoms with van der Waals surface area (Å²) in [6.07, 6.45) is 6.58. The van der Waals surface area contributed by atoms with E-state index in [0.29, 0.717) is 66.0 Å². The predicted molar refractivity (Wildman–Crippen MR) is 207 cm³/mol. The zero-order valence-electron chi connectivity index (χ0n) is 30.9. The van der Waals surface area contributed by atoms with Gasteiger partial charge in [-0.25, -0.2) is 18.2 Å². The number of amides is 4. The van der Waals surface area contributed by atoms with E-state index < -0.39 is 68.7 Å². The van der Waals surface area contributed by atoms with Crippen molar-refractivity contribution in [2.24, 2.45) is 5.92 Å². The highest BCUT2D eigenvalue weighted by Crippen LogP contribution is 2.46. The molecular formula is C39H43N5O10S2. The lowest BCUT2D eigenvalue weighted by Gasteiger charge is -2.29. The molecule has 3 N–H and O–H groups in total. The van der Waals surface area contributed by atoms with Crippen LogP contribution < -0.4 is 24.8 Å². The summed E-state index contributed by atoms with van der Waals surface area (Å²) in [7, 11) is -1.13. The van der Waals surface area contributed by atoms with Crippen molar-refractivity contribution in [3.8, 4) is 22.1 Å². The van der Waals surface area contributed by atoms with Crippen molar-refractivity contribution in [1.82, 2.24) is 25.2 Å². The Morgan fingerprint density at radius 1 is 1.09 bits per heavy atom. The highest BCUT2D eigenvalue weighted by molar-refractivity contribution is 7.91. The van der Waals surface area contributed by atoms with E-state index in [1.165, 1.54) is 23.3 Å². The van der Waals surface area contributed by atoms with Gasteiger partial charge in [0.25, 0.3) is 5.91 Å². The number of nitrogens with one attached hydrogen (secondary N) is 3. The minimum atomic E-state index is -3.91. The van der Waals surface area contributed by atoms with Crippen molar-refractivity contribution in [2.45, 2.75) is 86.8 Å². The minimum absolute atomic E-state index is 0.0211. The van der Waals surface area contributed by atoms with Gasteiger partial charge in [-0.3, -0.25) is 19.1 Å². The number of nitrogens with zero attached hydrogens (tertiary/aromatic N) is 2. The predicted octanol–water partition coefficient (Wildman–Crippen LogP) is 4.79. The maximum atomic E-state index is 14.5. The van der Waals surface area contributed by atoms with Crippen molar-refractivity contribution < 1.29 is 46.2 Å². The lowest BCUT2D eigenvalue weighted by molar-refractivity contribution is -0.141. The molecule has 0 unspecified atom stereocenters. The Bertz CT molecular complexity index is 2320. The number of ether oxygens (including phenoxy) is 3. The fraction of sp³-hybridized carbons (Fsp3) is 0.462. The highest BCUT2D eigenvalue weighted by Gasteiger charge is 2.62. The molecule has 4 amide bonds. The monoisotopic (exact) mass is 805 g/mol. The Morgan fingerprint density at radius 3 is 2.68 bits per heavy atom. The van der Waals surface area contributed by atoms with Crippen molar-refractivity contribution in [1.29, 1.82) is 0 Å². The molecule has 3 fully saturated rings. The molecule has 0 radical (unpaired) electrons. The Hall–Kier alpha value is -5.16. The van der Waals surface area contributed by atoms with Crippen molar-refractivity contribution in [3.63, 3.8) is 0 Å². The minimum Gasteiger partial charge on any atom is -0.497 e.